The number of nitrogens with one attached hydrogen (secondary N) is 1. The monoisotopic (exact) mass is 311 g/mol. The fourth-order valence-electron chi connectivity index (χ4n) is 2.41. The third-order valence-corrected chi connectivity index (χ3v) is 3.70. The lowest BCUT2D eigenvalue weighted by Gasteiger charge is -2.16. The molecule has 0 aliphatic carbocycles. The molecule has 3 rings (SSSR count). The summed E-state index contributed by atoms with van der Waals surface area (Å²) in [7, 11) is 0. The Labute approximate surface area is 134 Å². The van der Waals surface area contributed by atoms with Crippen LogP contribution in [0.1, 0.15) is 17.3 Å². The maximum absolute atomic E-state index is 12.1. The zero-order valence-corrected chi connectivity index (χ0v) is 12.8. The number of rotatable bonds is 4. The summed E-state index contributed by atoms with van der Waals surface area (Å²) in [6.07, 6.45) is 4.68. The molecule has 0 aromatic carbocycles. The fourth-order valence-corrected chi connectivity index (χ4v) is 2.41. The summed E-state index contributed by atoms with van der Waals surface area (Å²) in [5, 5.41) is 2.76. The molecule has 118 valence electrons. The van der Waals surface area contributed by atoms with Crippen molar-refractivity contribution in [2.75, 3.05) is 29.9 Å². The molecule has 0 radical (unpaired) electrons. The molecule has 1 aliphatic heterocycles. The molecule has 0 saturated carbocycles. The number of amides is 3. The van der Waals surface area contributed by atoms with Crippen LogP contribution in [0, 0.1) is 0 Å². The van der Waals surface area contributed by atoms with E-state index in [0.29, 0.717) is 36.7 Å². The minimum atomic E-state index is -0.226. The van der Waals surface area contributed by atoms with Crippen molar-refractivity contribution < 1.29 is 9.59 Å². The van der Waals surface area contributed by atoms with Crippen LogP contribution >= 0.6 is 0 Å². The zero-order valence-electron chi connectivity index (χ0n) is 12.8. The van der Waals surface area contributed by atoms with Crippen molar-refractivity contribution in [1.82, 2.24) is 14.9 Å². The van der Waals surface area contributed by atoms with E-state index in [1.165, 1.54) is 0 Å². The van der Waals surface area contributed by atoms with Crippen LogP contribution in [0.15, 0.2) is 42.9 Å². The van der Waals surface area contributed by atoms with Crippen LogP contribution in [0.5, 0.6) is 0 Å². The van der Waals surface area contributed by atoms with E-state index >= 15 is 0 Å². The fraction of sp³-hybridized carbons (Fsp3) is 0.250. The second-order valence-electron chi connectivity index (χ2n) is 5.11. The summed E-state index contributed by atoms with van der Waals surface area (Å²) in [6, 6.07) is 6.72. The summed E-state index contributed by atoms with van der Waals surface area (Å²) >= 11 is 0. The van der Waals surface area contributed by atoms with Gasteiger partial charge in [0.05, 0.1) is 11.9 Å². The molecule has 2 aromatic rings. The molecule has 0 spiro atoms. The van der Waals surface area contributed by atoms with E-state index in [0.717, 1.165) is 0 Å². The molecule has 1 aliphatic rings. The first-order valence-electron chi connectivity index (χ1n) is 7.43. The highest BCUT2D eigenvalue weighted by Crippen LogP contribution is 2.19. The molecule has 1 fully saturated rings. The normalized spacial score (nSPS) is 14.2. The smallest absolute Gasteiger partial charge is 0.323 e. The van der Waals surface area contributed by atoms with Crippen molar-refractivity contribution in [3.05, 3.63) is 48.4 Å². The predicted octanol–water partition coefficient (Wildman–Crippen LogP) is 1.99. The van der Waals surface area contributed by atoms with Gasteiger partial charge in [0.1, 0.15) is 5.82 Å². The van der Waals surface area contributed by atoms with E-state index in [9.17, 15) is 9.59 Å². The van der Waals surface area contributed by atoms with E-state index in [-0.39, 0.29) is 11.9 Å². The Balaban J connectivity index is 1.68. The summed E-state index contributed by atoms with van der Waals surface area (Å²) in [5.41, 5.74) is 1.10. The second kappa shape index (κ2) is 6.43. The third-order valence-electron chi connectivity index (χ3n) is 3.70. The molecule has 0 atom stereocenters. The van der Waals surface area contributed by atoms with Crippen molar-refractivity contribution in [2.45, 2.75) is 6.92 Å². The van der Waals surface area contributed by atoms with Gasteiger partial charge in [0, 0.05) is 37.6 Å². The number of hydrogen-bond acceptors (Lipinski definition) is 4. The first kappa shape index (κ1) is 15.0. The quantitative estimate of drug-likeness (QED) is 0.936. The Morgan fingerprint density at radius 3 is 2.61 bits per heavy atom. The highest BCUT2D eigenvalue weighted by atomic mass is 16.2. The molecule has 3 heterocycles. The lowest BCUT2D eigenvalue weighted by molar-refractivity contribution is 0.102. The van der Waals surface area contributed by atoms with Crippen molar-refractivity contribution in [3.8, 4) is 0 Å². The first-order chi connectivity index (χ1) is 11.2. The molecule has 7 nitrogen and oxygen atoms in total. The minimum Gasteiger partial charge on any atom is -0.323 e. The number of aromatic nitrogens is 2. The van der Waals surface area contributed by atoms with Crippen molar-refractivity contribution in [1.29, 1.82) is 0 Å². The molecule has 0 unspecified atom stereocenters. The summed E-state index contributed by atoms with van der Waals surface area (Å²) in [4.78, 5) is 35.7. The summed E-state index contributed by atoms with van der Waals surface area (Å²) in [6.45, 7) is 3.97. The molecule has 1 saturated heterocycles. The van der Waals surface area contributed by atoms with E-state index in [1.54, 1.807) is 52.7 Å². The van der Waals surface area contributed by atoms with Gasteiger partial charge in [-0.25, -0.2) is 9.78 Å². The van der Waals surface area contributed by atoms with Gasteiger partial charge in [-0.3, -0.25) is 14.7 Å². The van der Waals surface area contributed by atoms with E-state index < -0.39 is 0 Å². The second-order valence-corrected chi connectivity index (χ2v) is 5.11. The molecule has 23 heavy (non-hydrogen) atoms. The van der Waals surface area contributed by atoms with Gasteiger partial charge in [-0.15, -0.1) is 0 Å². The topological polar surface area (TPSA) is 78.4 Å². The van der Waals surface area contributed by atoms with Gasteiger partial charge in [-0.2, -0.15) is 0 Å². The van der Waals surface area contributed by atoms with Crippen molar-refractivity contribution >= 4 is 23.4 Å². The van der Waals surface area contributed by atoms with Crippen molar-refractivity contribution in [2.24, 2.45) is 0 Å². The molecule has 2 aromatic heterocycles. The molecular weight excluding hydrogens is 294 g/mol. The highest BCUT2D eigenvalue weighted by Gasteiger charge is 2.28. The minimum absolute atomic E-state index is 0.0337. The maximum atomic E-state index is 12.1. The van der Waals surface area contributed by atoms with Crippen molar-refractivity contribution in [3.63, 3.8) is 0 Å². The van der Waals surface area contributed by atoms with Crippen LogP contribution in [-0.2, 0) is 0 Å². The predicted molar refractivity (Wildman–Crippen MR) is 86.4 cm³/mol. The lowest BCUT2D eigenvalue weighted by atomic mass is 10.2. The van der Waals surface area contributed by atoms with Crippen LogP contribution in [0.2, 0.25) is 0 Å². The average Bonchev–Trinajstić information content (AvgIpc) is 2.97. The number of pyridine rings is 2. The van der Waals surface area contributed by atoms with Crippen LogP contribution in [0.4, 0.5) is 16.3 Å². The maximum Gasteiger partial charge on any atom is 0.325 e. The summed E-state index contributed by atoms with van der Waals surface area (Å²) < 4.78 is 0. The van der Waals surface area contributed by atoms with Crippen LogP contribution < -0.4 is 10.2 Å². The van der Waals surface area contributed by atoms with E-state index in [4.69, 9.17) is 0 Å². The number of hydrogen-bond donors (Lipinski definition) is 1. The summed E-state index contributed by atoms with van der Waals surface area (Å²) in [5.74, 6) is 0.365. The molecular formula is C16H17N5O2. The Kier molecular flexibility index (Phi) is 4.18. The van der Waals surface area contributed by atoms with E-state index in [2.05, 4.69) is 15.3 Å². The SMILES string of the molecule is CCN1CCN(c2ccc(NC(=O)c3ccncc3)cn2)C1=O. The van der Waals surface area contributed by atoms with Gasteiger partial charge in [0.15, 0.2) is 0 Å². The van der Waals surface area contributed by atoms with Crippen LogP contribution in [0.3, 0.4) is 0 Å². The Bertz CT molecular complexity index is 702. The number of carbonyl (C=O) groups excluding carboxylic acids is 2. The molecule has 7 heteroatoms. The Hall–Kier alpha value is -2.96. The van der Waals surface area contributed by atoms with E-state index in [1.807, 2.05) is 6.92 Å². The van der Waals surface area contributed by atoms with Crippen LogP contribution in [0.25, 0.3) is 0 Å². The van der Waals surface area contributed by atoms with Gasteiger partial charge in [-0.1, -0.05) is 0 Å². The number of urea groups is 1. The first-order valence-corrected chi connectivity index (χ1v) is 7.43. The van der Waals surface area contributed by atoms with Crippen LogP contribution in [-0.4, -0.2) is 46.4 Å². The Morgan fingerprint density at radius 2 is 2.00 bits per heavy atom. The standard InChI is InChI=1S/C16H17N5O2/c1-2-20-9-10-21(16(20)23)14-4-3-13(11-18-14)19-15(22)12-5-7-17-8-6-12/h3-8,11H,2,9-10H2,1H3,(H,19,22). The number of anilines is 2. The zero-order chi connectivity index (χ0) is 16.2. The third kappa shape index (κ3) is 3.13. The molecule has 1 N–H and O–H groups in total. The van der Waals surface area contributed by atoms with Gasteiger partial charge in [0.2, 0.25) is 0 Å². The number of carbonyl (C=O) groups is 2. The lowest BCUT2D eigenvalue weighted by Crippen LogP contribution is -2.32. The number of likely N-dealkylation sites (N-methyl/N-ethyl adjacent to an activating group) is 1. The van der Waals surface area contributed by atoms with Gasteiger partial charge in [-0.05, 0) is 31.2 Å². The Morgan fingerprint density at radius 1 is 1.22 bits per heavy atom. The van der Waals surface area contributed by atoms with Gasteiger partial charge >= 0.3 is 6.03 Å². The van der Waals surface area contributed by atoms with Gasteiger partial charge in [0.25, 0.3) is 5.91 Å². The molecule has 3 amide bonds. The number of nitrogens with zero attached hydrogens (tertiary/aromatic N) is 4. The largest absolute Gasteiger partial charge is 0.325 e. The average molecular weight is 311 g/mol. The highest BCUT2D eigenvalue weighted by molar-refractivity contribution is 6.04. The van der Waals surface area contributed by atoms with Gasteiger partial charge < -0.3 is 10.2 Å². The molecule has 0 bridgehead atoms.